The van der Waals surface area contributed by atoms with Gasteiger partial charge in [0, 0.05) is 28.4 Å². The summed E-state index contributed by atoms with van der Waals surface area (Å²) in [7, 11) is 0. The first-order chi connectivity index (χ1) is 13.9. The molecule has 0 unspecified atom stereocenters. The molecule has 0 saturated carbocycles. The van der Waals surface area contributed by atoms with E-state index in [1.54, 1.807) is 0 Å². The van der Waals surface area contributed by atoms with Gasteiger partial charge in [-0.2, -0.15) is 0 Å². The Balaban J connectivity index is 1.40. The maximum Gasteiger partial charge on any atom is 0.119 e. The van der Waals surface area contributed by atoms with Crippen LogP contribution in [0.2, 0.25) is 0 Å². The first kappa shape index (κ1) is 16.6. The molecule has 0 radical (unpaired) electrons. The highest BCUT2D eigenvalue weighted by Crippen LogP contribution is 2.29. The molecule has 0 saturated heterocycles. The first-order valence-corrected chi connectivity index (χ1v) is 9.60. The highest BCUT2D eigenvalue weighted by Gasteiger charge is 2.10. The van der Waals surface area contributed by atoms with Crippen LogP contribution in [0.1, 0.15) is 11.1 Å². The predicted octanol–water partition coefficient (Wildman–Crippen LogP) is 6.42. The van der Waals surface area contributed by atoms with Crippen LogP contribution in [0.4, 0.5) is 0 Å². The average Bonchev–Trinajstić information content (AvgIpc) is 3.08. The standard InChI is InChI=1S/C26H21NO/c1-2-8-21(9-3-1)19-28-22-16-14-20(15-17-22)18-27-25-12-6-4-10-23(25)24-11-5-7-13-26(24)27/h1-17H,18-19H2. The van der Waals surface area contributed by atoms with Crippen molar-refractivity contribution in [2.75, 3.05) is 0 Å². The lowest BCUT2D eigenvalue weighted by atomic mass is 10.2. The molecule has 0 bridgehead atoms. The lowest BCUT2D eigenvalue weighted by Gasteiger charge is -2.10. The Morgan fingerprint density at radius 2 is 1.11 bits per heavy atom. The van der Waals surface area contributed by atoms with E-state index in [1.165, 1.54) is 32.9 Å². The number of hydrogen-bond donors (Lipinski definition) is 0. The van der Waals surface area contributed by atoms with Crippen LogP contribution >= 0.6 is 0 Å². The van der Waals surface area contributed by atoms with Crippen LogP contribution in [0.3, 0.4) is 0 Å². The molecule has 0 spiro atoms. The minimum atomic E-state index is 0.590. The normalized spacial score (nSPS) is 11.1. The fourth-order valence-electron chi connectivity index (χ4n) is 3.79. The molecule has 2 heteroatoms. The van der Waals surface area contributed by atoms with E-state index in [-0.39, 0.29) is 0 Å². The molecule has 0 aliphatic rings. The van der Waals surface area contributed by atoms with E-state index in [0.29, 0.717) is 6.61 Å². The molecule has 1 aromatic heterocycles. The average molecular weight is 363 g/mol. The lowest BCUT2D eigenvalue weighted by molar-refractivity contribution is 0.306. The second-order valence-electron chi connectivity index (χ2n) is 7.04. The molecule has 0 atom stereocenters. The van der Waals surface area contributed by atoms with Gasteiger partial charge in [0.25, 0.3) is 0 Å². The van der Waals surface area contributed by atoms with Crippen LogP contribution in [0.25, 0.3) is 21.8 Å². The van der Waals surface area contributed by atoms with Gasteiger partial charge in [0.2, 0.25) is 0 Å². The summed E-state index contributed by atoms with van der Waals surface area (Å²) >= 11 is 0. The zero-order valence-electron chi connectivity index (χ0n) is 15.6. The van der Waals surface area contributed by atoms with Crippen LogP contribution in [-0.2, 0) is 13.2 Å². The van der Waals surface area contributed by atoms with Gasteiger partial charge >= 0.3 is 0 Å². The van der Waals surface area contributed by atoms with Gasteiger partial charge in [-0.1, -0.05) is 78.9 Å². The maximum absolute atomic E-state index is 5.92. The van der Waals surface area contributed by atoms with Gasteiger partial charge in [-0.05, 0) is 35.4 Å². The molecule has 5 aromatic rings. The molecule has 2 nitrogen and oxygen atoms in total. The summed E-state index contributed by atoms with van der Waals surface area (Å²) in [5, 5.41) is 2.61. The van der Waals surface area contributed by atoms with Gasteiger partial charge in [-0.15, -0.1) is 0 Å². The van der Waals surface area contributed by atoms with Gasteiger partial charge in [-0.3, -0.25) is 0 Å². The van der Waals surface area contributed by atoms with E-state index in [0.717, 1.165) is 12.3 Å². The molecular formula is C26H21NO. The Bertz CT molecular complexity index is 1170. The van der Waals surface area contributed by atoms with Crippen molar-refractivity contribution in [1.29, 1.82) is 0 Å². The predicted molar refractivity (Wildman–Crippen MR) is 116 cm³/mol. The van der Waals surface area contributed by atoms with Crippen molar-refractivity contribution in [3.8, 4) is 5.75 Å². The van der Waals surface area contributed by atoms with Gasteiger partial charge < -0.3 is 9.30 Å². The minimum absolute atomic E-state index is 0.590. The van der Waals surface area contributed by atoms with Crippen LogP contribution in [0.15, 0.2) is 103 Å². The van der Waals surface area contributed by atoms with Gasteiger partial charge in [0.1, 0.15) is 12.4 Å². The third-order valence-electron chi connectivity index (χ3n) is 5.19. The van der Waals surface area contributed by atoms with Crippen LogP contribution in [-0.4, -0.2) is 4.57 Å². The summed E-state index contributed by atoms with van der Waals surface area (Å²) in [5.74, 6) is 0.898. The third kappa shape index (κ3) is 3.14. The minimum Gasteiger partial charge on any atom is -0.489 e. The smallest absolute Gasteiger partial charge is 0.119 e. The van der Waals surface area contributed by atoms with Gasteiger partial charge in [0.15, 0.2) is 0 Å². The van der Waals surface area contributed by atoms with Crippen molar-refractivity contribution in [1.82, 2.24) is 4.57 Å². The number of nitrogens with zero attached hydrogens (tertiary/aromatic N) is 1. The number of benzene rings is 4. The van der Waals surface area contributed by atoms with Crippen molar-refractivity contribution in [2.45, 2.75) is 13.2 Å². The molecule has 4 aromatic carbocycles. The summed E-state index contributed by atoms with van der Waals surface area (Å²) < 4.78 is 8.31. The molecule has 0 fully saturated rings. The quantitative estimate of drug-likeness (QED) is 0.351. The number of rotatable bonds is 5. The summed E-state index contributed by atoms with van der Waals surface area (Å²) in [6.45, 7) is 1.43. The zero-order chi connectivity index (χ0) is 18.8. The topological polar surface area (TPSA) is 14.2 Å². The van der Waals surface area contributed by atoms with E-state index >= 15 is 0 Å². The van der Waals surface area contributed by atoms with Crippen LogP contribution in [0.5, 0.6) is 5.75 Å². The number of aromatic nitrogens is 1. The molecule has 0 aliphatic heterocycles. The maximum atomic E-state index is 5.92. The molecule has 0 aliphatic carbocycles. The Labute approximate surface area is 164 Å². The second-order valence-corrected chi connectivity index (χ2v) is 7.04. The Morgan fingerprint density at radius 1 is 0.536 bits per heavy atom. The Hall–Kier alpha value is -3.52. The first-order valence-electron chi connectivity index (χ1n) is 9.60. The number of hydrogen-bond acceptors (Lipinski definition) is 1. The summed E-state index contributed by atoms with van der Waals surface area (Å²) in [5.41, 5.74) is 4.98. The highest BCUT2D eigenvalue weighted by molar-refractivity contribution is 6.08. The van der Waals surface area contributed by atoms with Gasteiger partial charge in [-0.25, -0.2) is 0 Å². The molecular weight excluding hydrogens is 342 g/mol. The van der Waals surface area contributed by atoms with E-state index in [2.05, 4.69) is 89.5 Å². The highest BCUT2D eigenvalue weighted by atomic mass is 16.5. The van der Waals surface area contributed by atoms with Crippen LogP contribution in [0, 0.1) is 0 Å². The van der Waals surface area contributed by atoms with Crippen molar-refractivity contribution < 1.29 is 4.74 Å². The number of fused-ring (bicyclic) bond motifs is 3. The van der Waals surface area contributed by atoms with E-state index in [1.807, 2.05) is 18.2 Å². The Kier molecular flexibility index (Phi) is 4.30. The fraction of sp³-hybridized carbons (Fsp3) is 0.0769. The second kappa shape index (κ2) is 7.24. The Morgan fingerprint density at radius 3 is 1.75 bits per heavy atom. The van der Waals surface area contributed by atoms with Crippen molar-refractivity contribution in [2.24, 2.45) is 0 Å². The third-order valence-corrected chi connectivity index (χ3v) is 5.19. The van der Waals surface area contributed by atoms with Crippen molar-refractivity contribution in [3.05, 3.63) is 114 Å². The largest absolute Gasteiger partial charge is 0.489 e. The van der Waals surface area contributed by atoms with Crippen LogP contribution < -0.4 is 4.74 Å². The van der Waals surface area contributed by atoms with E-state index in [9.17, 15) is 0 Å². The summed E-state index contributed by atoms with van der Waals surface area (Å²) in [4.78, 5) is 0. The number of para-hydroxylation sites is 2. The fourth-order valence-corrected chi connectivity index (χ4v) is 3.79. The molecule has 0 N–H and O–H groups in total. The molecule has 0 amide bonds. The zero-order valence-corrected chi connectivity index (χ0v) is 15.6. The number of ether oxygens (including phenoxy) is 1. The monoisotopic (exact) mass is 363 g/mol. The van der Waals surface area contributed by atoms with Gasteiger partial charge in [0.05, 0.1) is 0 Å². The summed E-state index contributed by atoms with van der Waals surface area (Å²) in [6.07, 6.45) is 0. The SMILES string of the molecule is c1ccc(COc2ccc(Cn3c4ccccc4c4ccccc43)cc2)cc1. The van der Waals surface area contributed by atoms with Crippen molar-refractivity contribution >= 4 is 21.8 Å². The molecule has 136 valence electrons. The molecule has 5 rings (SSSR count). The lowest BCUT2D eigenvalue weighted by Crippen LogP contribution is -2.00. The van der Waals surface area contributed by atoms with E-state index < -0.39 is 0 Å². The molecule has 28 heavy (non-hydrogen) atoms. The molecule has 1 heterocycles. The van der Waals surface area contributed by atoms with E-state index in [4.69, 9.17) is 4.74 Å². The summed E-state index contributed by atoms with van der Waals surface area (Å²) in [6, 6.07) is 35.9. The van der Waals surface area contributed by atoms with Crippen molar-refractivity contribution in [3.63, 3.8) is 0 Å².